The average Bonchev–Trinajstić information content (AvgIpc) is 2.92. The molecule has 0 fully saturated rings. The summed E-state index contributed by atoms with van der Waals surface area (Å²) in [5.74, 6) is -1.38. The Bertz CT molecular complexity index is 1070. The highest BCUT2D eigenvalue weighted by Gasteiger charge is 2.34. The van der Waals surface area contributed by atoms with Crippen LogP contribution in [0.4, 0.5) is 18.9 Å². The summed E-state index contributed by atoms with van der Waals surface area (Å²) in [5.41, 5.74) is 6.34. The topological polar surface area (TPSA) is 87.8 Å². The first-order valence-corrected chi connectivity index (χ1v) is 11.3. The molecule has 2 amide bonds. The molecule has 0 bridgehead atoms. The van der Waals surface area contributed by atoms with Crippen molar-refractivity contribution in [3.05, 3.63) is 65.2 Å². The van der Waals surface area contributed by atoms with Gasteiger partial charge in [0.15, 0.2) is 0 Å². The molecule has 0 radical (unpaired) electrons. The molecule has 1 aliphatic rings. The Morgan fingerprint density at radius 1 is 1.17 bits per heavy atom. The number of nitrogens with two attached hydrogens (primary N) is 1. The number of rotatable bonds is 8. The van der Waals surface area contributed by atoms with E-state index in [9.17, 15) is 22.8 Å². The Labute approximate surface area is 213 Å². The van der Waals surface area contributed by atoms with Crippen molar-refractivity contribution in [2.45, 2.75) is 44.9 Å². The quantitative estimate of drug-likeness (QED) is 0.464. The van der Waals surface area contributed by atoms with Gasteiger partial charge < -0.3 is 16.0 Å². The van der Waals surface area contributed by atoms with E-state index in [-0.39, 0.29) is 34.8 Å². The Morgan fingerprint density at radius 3 is 2.54 bits per heavy atom. The monoisotopic (exact) mass is 554 g/mol. The van der Waals surface area contributed by atoms with Gasteiger partial charge in [0, 0.05) is 24.7 Å². The van der Waals surface area contributed by atoms with E-state index in [0.29, 0.717) is 17.7 Å². The van der Waals surface area contributed by atoms with Gasteiger partial charge in [0.25, 0.3) is 5.91 Å². The molecule has 10 heteroatoms. The molecule has 6 nitrogen and oxygen atoms in total. The van der Waals surface area contributed by atoms with Crippen molar-refractivity contribution in [2.24, 2.45) is 16.6 Å². The zero-order valence-electron chi connectivity index (χ0n) is 19.6. The minimum Gasteiger partial charge on any atom is -0.330 e. The summed E-state index contributed by atoms with van der Waals surface area (Å²) >= 11 is 0. The zero-order chi connectivity index (χ0) is 24.9. The van der Waals surface area contributed by atoms with Gasteiger partial charge in [-0.15, -0.1) is 17.0 Å². The molecule has 35 heavy (non-hydrogen) atoms. The van der Waals surface area contributed by atoms with E-state index in [1.165, 1.54) is 17.0 Å². The van der Waals surface area contributed by atoms with Gasteiger partial charge in [0.1, 0.15) is 0 Å². The molecule has 2 aromatic rings. The predicted octanol–water partition coefficient (Wildman–Crippen LogP) is 4.69. The number of carbonyl (C=O) groups is 2. The molecular weight excluding hydrogens is 525 g/mol. The van der Waals surface area contributed by atoms with Crippen molar-refractivity contribution in [1.29, 1.82) is 0 Å². The highest BCUT2D eigenvalue weighted by molar-refractivity contribution is 8.93. The van der Waals surface area contributed by atoms with E-state index in [1.807, 2.05) is 0 Å². The summed E-state index contributed by atoms with van der Waals surface area (Å²) in [7, 11) is 1.55. The zero-order valence-corrected chi connectivity index (χ0v) is 21.4. The lowest BCUT2D eigenvalue weighted by Gasteiger charge is -2.22. The minimum absolute atomic E-state index is 0. The standard InChI is InChI=1S/C25H29F3N4O2.BrH/c1-3-4-5-9-17(15-29)23(33)31-22-24(34)32(2)20-13-7-6-12-19(20)21(30-22)16-10-8-11-18(14-16)25(26,27)28;/h6-8,10-14,17,22H,3-5,9,15,29H2,1-2H3,(H,31,33);1H/t17-,22?;/m0./s1. The number of unbranched alkanes of at least 4 members (excludes halogenated alkanes) is 2. The number of para-hydroxylation sites is 1. The second-order valence-electron chi connectivity index (χ2n) is 8.31. The molecule has 1 heterocycles. The normalized spacial score (nSPS) is 16.5. The predicted molar refractivity (Wildman–Crippen MR) is 136 cm³/mol. The molecule has 3 rings (SSSR count). The second kappa shape index (κ2) is 12.3. The van der Waals surface area contributed by atoms with Gasteiger partial charge >= 0.3 is 6.18 Å². The third-order valence-electron chi connectivity index (χ3n) is 5.90. The summed E-state index contributed by atoms with van der Waals surface area (Å²) in [5, 5.41) is 2.68. The fourth-order valence-electron chi connectivity index (χ4n) is 3.94. The summed E-state index contributed by atoms with van der Waals surface area (Å²) < 4.78 is 40.1. The van der Waals surface area contributed by atoms with Gasteiger partial charge in [0.2, 0.25) is 12.1 Å². The Morgan fingerprint density at radius 2 is 1.89 bits per heavy atom. The van der Waals surface area contributed by atoms with Crippen LogP contribution in [0.5, 0.6) is 0 Å². The number of amides is 2. The lowest BCUT2D eigenvalue weighted by atomic mass is 9.98. The largest absolute Gasteiger partial charge is 0.416 e. The van der Waals surface area contributed by atoms with E-state index in [4.69, 9.17) is 5.73 Å². The summed E-state index contributed by atoms with van der Waals surface area (Å²) in [6.45, 7) is 2.18. The van der Waals surface area contributed by atoms with Gasteiger partial charge in [-0.25, -0.2) is 4.99 Å². The van der Waals surface area contributed by atoms with Crippen LogP contribution in [-0.2, 0) is 15.8 Å². The molecule has 190 valence electrons. The van der Waals surface area contributed by atoms with Crippen LogP contribution in [0.1, 0.15) is 49.3 Å². The highest BCUT2D eigenvalue weighted by Crippen LogP contribution is 2.32. The van der Waals surface area contributed by atoms with Crippen LogP contribution in [-0.4, -0.2) is 37.3 Å². The van der Waals surface area contributed by atoms with Crippen LogP contribution >= 0.6 is 17.0 Å². The summed E-state index contributed by atoms with van der Waals surface area (Å²) in [4.78, 5) is 32.0. The highest BCUT2D eigenvalue weighted by atomic mass is 79.9. The number of likely N-dealkylation sites (N-methyl/N-ethyl adjacent to an activating group) is 1. The lowest BCUT2D eigenvalue weighted by molar-refractivity contribution is -0.137. The Balaban J connectivity index is 0.00000432. The van der Waals surface area contributed by atoms with Gasteiger partial charge in [-0.3, -0.25) is 9.59 Å². The lowest BCUT2D eigenvalue weighted by Crippen LogP contribution is -2.48. The third-order valence-corrected chi connectivity index (χ3v) is 5.90. The van der Waals surface area contributed by atoms with Gasteiger partial charge in [-0.1, -0.05) is 56.5 Å². The third kappa shape index (κ3) is 6.70. The number of carbonyl (C=O) groups excluding carboxylic acids is 2. The molecule has 0 saturated carbocycles. The number of aliphatic imine (C=N–C) groups is 1. The van der Waals surface area contributed by atoms with Gasteiger partial charge in [-0.05, 0) is 24.6 Å². The number of hydrogen-bond acceptors (Lipinski definition) is 4. The molecule has 2 atom stereocenters. The van der Waals surface area contributed by atoms with Crippen LogP contribution in [0.25, 0.3) is 0 Å². The molecule has 0 spiro atoms. The van der Waals surface area contributed by atoms with Crippen LogP contribution < -0.4 is 16.0 Å². The van der Waals surface area contributed by atoms with Gasteiger partial charge in [0.05, 0.1) is 22.9 Å². The maximum Gasteiger partial charge on any atom is 0.416 e. The maximum absolute atomic E-state index is 13.4. The Kier molecular flexibility index (Phi) is 10.0. The van der Waals surface area contributed by atoms with E-state index < -0.39 is 35.6 Å². The first-order valence-electron chi connectivity index (χ1n) is 11.3. The van der Waals surface area contributed by atoms with Crippen LogP contribution in [0.2, 0.25) is 0 Å². The molecular formula is C25H30BrF3N4O2. The van der Waals surface area contributed by atoms with Crippen molar-refractivity contribution in [1.82, 2.24) is 5.32 Å². The second-order valence-corrected chi connectivity index (χ2v) is 8.31. The number of nitrogens with zero attached hydrogens (tertiary/aromatic N) is 2. The van der Waals surface area contributed by atoms with E-state index in [1.54, 1.807) is 31.3 Å². The van der Waals surface area contributed by atoms with Crippen LogP contribution in [0, 0.1) is 5.92 Å². The fraction of sp³-hybridized carbons (Fsp3) is 0.400. The average molecular weight is 555 g/mol. The molecule has 0 aromatic heterocycles. The molecule has 0 aliphatic carbocycles. The van der Waals surface area contributed by atoms with Crippen molar-refractivity contribution in [3.8, 4) is 0 Å². The first kappa shape index (κ1) is 28.5. The van der Waals surface area contributed by atoms with Gasteiger partial charge in [-0.2, -0.15) is 13.2 Å². The van der Waals surface area contributed by atoms with Crippen molar-refractivity contribution in [2.75, 3.05) is 18.5 Å². The fourth-order valence-corrected chi connectivity index (χ4v) is 3.94. The van der Waals surface area contributed by atoms with E-state index in [0.717, 1.165) is 31.4 Å². The SMILES string of the molecule is Br.CCCCC[C@@H](CN)C(=O)NC1N=C(c2cccc(C(F)(F)F)c2)c2ccccc2N(C)C1=O. The van der Waals surface area contributed by atoms with Crippen molar-refractivity contribution < 1.29 is 22.8 Å². The van der Waals surface area contributed by atoms with Crippen LogP contribution in [0.3, 0.4) is 0 Å². The summed E-state index contributed by atoms with van der Waals surface area (Å²) in [6.07, 6.45) is -2.47. The molecule has 0 saturated heterocycles. The minimum atomic E-state index is -4.53. The van der Waals surface area contributed by atoms with Crippen molar-refractivity contribution >= 4 is 40.2 Å². The number of halogens is 4. The number of hydrogen-bond donors (Lipinski definition) is 2. The van der Waals surface area contributed by atoms with E-state index in [2.05, 4.69) is 17.2 Å². The molecule has 3 N–H and O–H groups in total. The smallest absolute Gasteiger partial charge is 0.330 e. The molecule has 1 unspecified atom stereocenters. The number of benzodiazepines with no additional fused rings is 1. The molecule has 2 aromatic carbocycles. The number of nitrogens with one attached hydrogen (secondary N) is 1. The number of fused-ring (bicyclic) bond motifs is 1. The Hall–Kier alpha value is -2.72. The maximum atomic E-state index is 13.4. The number of anilines is 1. The molecule has 1 aliphatic heterocycles. The first-order chi connectivity index (χ1) is 16.2. The van der Waals surface area contributed by atoms with Crippen molar-refractivity contribution in [3.63, 3.8) is 0 Å². The van der Waals surface area contributed by atoms with E-state index >= 15 is 0 Å². The number of alkyl halides is 3. The summed E-state index contributed by atoms with van der Waals surface area (Å²) in [6, 6.07) is 11.6. The number of benzene rings is 2. The van der Waals surface area contributed by atoms with Crippen LogP contribution in [0.15, 0.2) is 53.5 Å².